The molecule has 17 heavy (non-hydrogen) atoms. The van der Waals surface area contributed by atoms with E-state index in [1.54, 1.807) is 0 Å². The largest absolute Gasteiger partial charge is 0.355 e. The third-order valence-corrected chi connectivity index (χ3v) is 3.38. The van der Waals surface area contributed by atoms with E-state index in [9.17, 15) is 0 Å². The maximum absolute atomic E-state index is 5.79. The lowest BCUT2D eigenvalue weighted by Crippen LogP contribution is -2.32. The van der Waals surface area contributed by atoms with Crippen LogP contribution in [0.3, 0.4) is 0 Å². The Bertz CT molecular complexity index is 339. The summed E-state index contributed by atoms with van der Waals surface area (Å²) in [5, 5.41) is 0. The Morgan fingerprint density at radius 3 is 2.82 bits per heavy atom. The predicted molar refractivity (Wildman–Crippen MR) is 73.0 cm³/mol. The van der Waals surface area contributed by atoms with Crippen molar-refractivity contribution in [3.8, 4) is 0 Å². The summed E-state index contributed by atoms with van der Waals surface area (Å²) in [6, 6.07) is 4.25. The molecule has 1 fully saturated rings. The first kappa shape index (κ1) is 12.7. The van der Waals surface area contributed by atoms with E-state index < -0.39 is 0 Å². The molecular formula is C13H20ClN3. The third kappa shape index (κ3) is 3.58. The van der Waals surface area contributed by atoms with Gasteiger partial charge >= 0.3 is 0 Å². The molecule has 0 N–H and O–H groups in total. The van der Waals surface area contributed by atoms with Gasteiger partial charge in [0.2, 0.25) is 0 Å². The van der Waals surface area contributed by atoms with Crippen LogP contribution in [0, 0.1) is 6.92 Å². The summed E-state index contributed by atoms with van der Waals surface area (Å²) in [4.78, 5) is 9.30. The molecule has 0 aromatic carbocycles. The number of anilines is 1. The smallest absolute Gasteiger partial charge is 0.128 e. The van der Waals surface area contributed by atoms with Crippen molar-refractivity contribution >= 4 is 17.4 Å². The molecule has 0 spiro atoms. The molecule has 0 bridgehead atoms. The molecule has 0 saturated carbocycles. The molecular weight excluding hydrogens is 234 g/mol. The first-order valence-electron chi connectivity index (χ1n) is 6.25. The summed E-state index contributed by atoms with van der Waals surface area (Å²) in [6.45, 7) is 7.44. The number of hydrogen-bond donors (Lipinski definition) is 0. The summed E-state index contributed by atoms with van der Waals surface area (Å²) in [7, 11) is 0. The van der Waals surface area contributed by atoms with E-state index in [2.05, 4.69) is 33.8 Å². The van der Waals surface area contributed by atoms with Gasteiger partial charge in [0.15, 0.2) is 0 Å². The number of alkyl halides is 1. The van der Waals surface area contributed by atoms with Crippen molar-refractivity contribution in [3.05, 3.63) is 23.9 Å². The molecule has 0 unspecified atom stereocenters. The number of nitrogens with zero attached hydrogens (tertiary/aromatic N) is 3. The Hall–Kier alpha value is -0.800. The normalized spacial score (nSPS) is 18.1. The number of halogens is 1. The highest BCUT2D eigenvalue weighted by Crippen LogP contribution is 2.13. The minimum Gasteiger partial charge on any atom is -0.355 e. The molecule has 3 nitrogen and oxygen atoms in total. The van der Waals surface area contributed by atoms with Gasteiger partial charge in [-0.05, 0) is 31.5 Å². The third-order valence-electron chi connectivity index (χ3n) is 3.21. The van der Waals surface area contributed by atoms with E-state index in [1.807, 2.05) is 6.20 Å². The molecule has 0 radical (unpaired) electrons. The van der Waals surface area contributed by atoms with Crippen molar-refractivity contribution in [2.24, 2.45) is 0 Å². The highest BCUT2D eigenvalue weighted by atomic mass is 35.5. The van der Waals surface area contributed by atoms with Crippen LogP contribution < -0.4 is 4.90 Å². The van der Waals surface area contributed by atoms with Crippen LogP contribution >= 0.6 is 11.6 Å². The fourth-order valence-corrected chi connectivity index (χ4v) is 2.43. The van der Waals surface area contributed by atoms with Crippen molar-refractivity contribution in [1.29, 1.82) is 0 Å². The van der Waals surface area contributed by atoms with Gasteiger partial charge in [-0.1, -0.05) is 6.07 Å². The lowest BCUT2D eigenvalue weighted by molar-refractivity contribution is 0.311. The van der Waals surface area contributed by atoms with Crippen molar-refractivity contribution in [3.63, 3.8) is 0 Å². The molecule has 4 heteroatoms. The molecule has 94 valence electrons. The average molecular weight is 254 g/mol. The number of aromatic nitrogens is 1. The molecule has 1 saturated heterocycles. The van der Waals surface area contributed by atoms with Crippen LogP contribution in [0.4, 0.5) is 5.82 Å². The van der Waals surface area contributed by atoms with E-state index in [0.29, 0.717) is 0 Å². The van der Waals surface area contributed by atoms with Gasteiger partial charge in [-0.15, -0.1) is 11.6 Å². The Labute approximate surface area is 108 Å². The lowest BCUT2D eigenvalue weighted by Gasteiger charge is -2.22. The highest BCUT2D eigenvalue weighted by Gasteiger charge is 2.15. The molecule has 2 rings (SSSR count). The molecule has 1 aliphatic heterocycles. The second-order valence-corrected chi connectivity index (χ2v) is 4.94. The fourth-order valence-electron chi connectivity index (χ4n) is 2.19. The Balaban J connectivity index is 1.96. The van der Waals surface area contributed by atoms with Gasteiger partial charge < -0.3 is 9.80 Å². The molecule has 0 aliphatic carbocycles. The predicted octanol–water partition coefficient (Wildman–Crippen LogP) is 2.14. The average Bonchev–Trinajstić information content (AvgIpc) is 2.56. The van der Waals surface area contributed by atoms with E-state index in [-0.39, 0.29) is 0 Å². The standard InChI is InChI=1S/C13H20ClN3/c1-12-3-4-13(15-11-12)17-7-2-6-16(8-5-14)9-10-17/h3-4,11H,2,5-10H2,1H3. The van der Waals surface area contributed by atoms with Gasteiger partial charge in [0.05, 0.1) is 0 Å². The Morgan fingerprint density at radius 1 is 1.24 bits per heavy atom. The Morgan fingerprint density at radius 2 is 2.12 bits per heavy atom. The summed E-state index contributed by atoms with van der Waals surface area (Å²) >= 11 is 5.79. The zero-order valence-corrected chi connectivity index (χ0v) is 11.2. The summed E-state index contributed by atoms with van der Waals surface area (Å²) in [5.74, 6) is 1.83. The van der Waals surface area contributed by atoms with Gasteiger partial charge in [-0.25, -0.2) is 4.98 Å². The number of rotatable bonds is 3. The quantitative estimate of drug-likeness (QED) is 0.770. The zero-order valence-electron chi connectivity index (χ0n) is 10.4. The minimum atomic E-state index is 0.725. The fraction of sp³-hybridized carbons (Fsp3) is 0.615. The lowest BCUT2D eigenvalue weighted by atomic mass is 10.3. The van der Waals surface area contributed by atoms with E-state index >= 15 is 0 Å². The second kappa shape index (κ2) is 6.22. The van der Waals surface area contributed by atoms with Crippen LogP contribution in [-0.2, 0) is 0 Å². The minimum absolute atomic E-state index is 0.725. The SMILES string of the molecule is Cc1ccc(N2CCCN(CCCl)CC2)nc1. The van der Waals surface area contributed by atoms with Crippen molar-refractivity contribution in [2.75, 3.05) is 43.5 Å². The summed E-state index contributed by atoms with van der Waals surface area (Å²) in [5.41, 5.74) is 1.22. The van der Waals surface area contributed by atoms with Gasteiger partial charge in [0.25, 0.3) is 0 Å². The number of hydrogen-bond acceptors (Lipinski definition) is 3. The van der Waals surface area contributed by atoms with Gasteiger partial charge in [0, 0.05) is 38.3 Å². The van der Waals surface area contributed by atoms with E-state index in [1.165, 1.54) is 12.0 Å². The molecule has 1 aromatic rings. The monoisotopic (exact) mass is 253 g/mol. The van der Waals surface area contributed by atoms with Crippen LogP contribution in [0.1, 0.15) is 12.0 Å². The Kier molecular flexibility index (Phi) is 4.63. The second-order valence-electron chi connectivity index (χ2n) is 4.56. The molecule has 2 heterocycles. The van der Waals surface area contributed by atoms with Crippen LogP contribution in [0.5, 0.6) is 0 Å². The van der Waals surface area contributed by atoms with Gasteiger partial charge in [0.1, 0.15) is 5.82 Å². The van der Waals surface area contributed by atoms with Crippen molar-refractivity contribution < 1.29 is 0 Å². The van der Waals surface area contributed by atoms with Crippen molar-refractivity contribution in [1.82, 2.24) is 9.88 Å². The first-order valence-corrected chi connectivity index (χ1v) is 6.79. The topological polar surface area (TPSA) is 19.4 Å². The molecule has 1 aliphatic rings. The zero-order chi connectivity index (χ0) is 12.1. The maximum Gasteiger partial charge on any atom is 0.128 e. The number of aryl methyl sites for hydroxylation is 1. The first-order chi connectivity index (χ1) is 8.29. The van der Waals surface area contributed by atoms with Crippen LogP contribution in [0.25, 0.3) is 0 Å². The van der Waals surface area contributed by atoms with Gasteiger partial charge in [-0.2, -0.15) is 0 Å². The summed E-state index contributed by atoms with van der Waals surface area (Å²) < 4.78 is 0. The van der Waals surface area contributed by atoms with Crippen LogP contribution in [0.15, 0.2) is 18.3 Å². The highest BCUT2D eigenvalue weighted by molar-refractivity contribution is 6.18. The molecule has 1 aromatic heterocycles. The number of pyridine rings is 1. The van der Waals surface area contributed by atoms with E-state index in [4.69, 9.17) is 11.6 Å². The summed E-state index contributed by atoms with van der Waals surface area (Å²) in [6.07, 6.45) is 3.13. The van der Waals surface area contributed by atoms with Crippen molar-refractivity contribution in [2.45, 2.75) is 13.3 Å². The maximum atomic E-state index is 5.79. The van der Waals surface area contributed by atoms with E-state index in [0.717, 1.165) is 44.4 Å². The van der Waals surface area contributed by atoms with Gasteiger partial charge in [-0.3, -0.25) is 0 Å². The van der Waals surface area contributed by atoms with Crippen LogP contribution in [0.2, 0.25) is 0 Å². The molecule has 0 amide bonds. The molecule has 0 atom stereocenters. The van der Waals surface area contributed by atoms with Crippen LogP contribution in [-0.4, -0.2) is 48.5 Å².